The van der Waals surface area contributed by atoms with Crippen LogP contribution in [0.3, 0.4) is 0 Å². The van der Waals surface area contributed by atoms with Crippen molar-refractivity contribution in [3.8, 4) is 0 Å². The normalized spacial score (nSPS) is 12.5. The van der Waals surface area contributed by atoms with E-state index in [1.807, 2.05) is 0 Å². The Morgan fingerprint density at radius 3 is 1.07 bits per heavy atom. The van der Waals surface area contributed by atoms with E-state index >= 15 is 0 Å². The maximum Gasteiger partial charge on any atom is 0.306 e. The van der Waals surface area contributed by atoms with E-state index in [9.17, 15) is 14.7 Å². The first-order chi connectivity index (χ1) is 30.1. The summed E-state index contributed by atoms with van der Waals surface area (Å²) in [5.74, 6) is -0.577. The van der Waals surface area contributed by atoms with E-state index < -0.39 is 6.10 Å². The summed E-state index contributed by atoms with van der Waals surface area (Å²) in [4.78, 5) is 24.4. The molecule has 0 heterocycles. The lowest BCUT2D eigenvalue weighted by Gasteiger charge is -2.15. The van der Waals surface area contributed by atoms with Crippen LogP contribution in [0.4, 0.5) is 0 Å². The molecule has 0 aromatic carbocycles. The van der Waals surface area contributed by atoms with Crippen molar-refractivity contribution in [3.05, 3.63) is 48.6 Å². The SMILES string of the molecule is CC/C=C\C/C=C\C/C=C\C/C=C\CCCCCCCCCCCCCCCCCCCCCCCCC(=O)OC(CO)COC(=O)CCCCCCCCCCCCCC. The van der Waals surface area contributed by atoms with Gasteiger partial charge < -0.3 is 14.6 Å². The zero-order chi connectivity index (χ0) is 44.2. The number of ether oxygens (including phenoxy) is 2. The first kappa shape index (κ1) is 58.9. The lowest BCUT2D eigenvalue weighted by atomic mass is 10.0. The Balaban J connectivity index is 3.39. The predicted molar refractivity (Wildman–Crippen MR) is 265 cm³/mol. The minimum absolute atomic E-state index is 0.0601. The van der Waals surface area contributed by atoms with Gasteiger partial charge in [0.1, 0.15) is 6.61 Å². The number of unbranched alkanes of at least 4 members (excludes halogenated alkanes) is 33. The molecule has 0 bridgehead atoms. The third-order valence-electron chi connectivity index (χ3n) is 11.9. The number of hydrogen-bond acceptors (Lipinski definition) is 5. The van der Waals surface area contributed by atoms with Crippen molar-refractivity contribution >= 4 is 11.9 Å². The highest BCUT2D eigenvalue weighted by molar-refractivity contribution is 5.70. The van der Waals surface area contributed by atoms with Gasteiger partial charge in [-0.25, -0.2) is 0 Å². The lowest BCUT2D eigenvalue weighted by molar-refractivity contribution is -0.161. The molecule has 0 aliphatic rings. The summed E-state index contributed by atoms with van der Waals surface area (Å²) in [6, 6.07) is 0. The number of esters is 2. The second-order valence-corrected chi connectivity index (χ2v) is 17.9. The van der Waals surface area contributed by atoms with Crippen LogP contribution in [0.5, 0.6) is 0 Å². The molecule has 0 spiro atoms. The Hall–Kier alpha value is -2.14. The number of aliphatic hydroxyl groups excluding tert-OH is 1. The first-order valence-electron chi connectivity index (χ1n) is 26.7. The zero-order valence-electron chi connectivity index (χ0n) is 40.7. The van der Waals surface area contributed by atoms with E-state index in [-0.39, 0.29) is 25.2 Å². The number of hydrogen-bond donors (Lipinski definition) is 1. The Morgan fingerprint density at radius 2 is 0.705 bits per heavy atom. The molecule has 0 aromatic rings. The molecule has 1 atom stereocenters. The molecule has 356 valence electrons. The van der Waals surface area contributed by atoms with Crippen LogP contribution in [-0.2, 0) is 19.1 Å². The molecule has 5 nitrogen and oxygen atoms in total. The number of aliphatic hydroxyl groups is 1. The van der Waals surface area contributed by atoms with E-state index in [0.29, 0.717) is 12.8 Å². The predicted octanol–water partition coefficient (Wildman–Crippen LogP) is 17.7. The van der Waals surface area contributed by atoms with E-state index in [1.165, 1.54) is 186 Å². The second kappa shape index (κ2) is 52.2. The van der Waals surface area contributed by atoms with Crippen LogP contribution < -0.4 is 0 Å². The molecule has 5 heteroatoms. The van der Waals surface area contributed by atoms with Crippen LogP contribution in [0.1, 0.15) is 277 Å². The fourth-order valence-corrected chi connectivity index (χ4v) is 7.90. The van der Waals surface area contributed by atoms with Gasteiger partial charge in [0.2, 0.25) is 0 Å². The van der Waals surface area contributed by atoms with Gasteiger partial charge in [0, 0.05) is 12.8 Å². The van der Waals surface area contributed by atoms with Crippen molar-refractivity contribution in [2.75, 3.05) is 13.2 Å². The van der Waals surface area contributed by atoms with E-state index in [1.54, 1.807) is 0 Å². The summed E-state index contributed by atoms with van der Waals surface area (Å²) in [5.41, 5.74) is 0. The van der Waals surface area contributed by atoms with Crippen molar-refractivity contribution in [1.82, 2.24) is 0 Å². The summed E-state index contributed by atoms with van der Waals surface area (Å²) in [6.45, 7) is 4.05. The monoisotopic (exact) mass is 855 g/mol. The van der Waals surface area contributed by atoms with Crippen molar-refractivity contribution in [2.45, 2.75) is 283 Å². The minimum Gasteiger partial charge on any atom is -0.462 e. The molecule has 0 aliphatic heterocycles. The van der Waals surface area contributed by atoms with Gasteiger partial charge >= 0.3 is 11.9 Å². The molecule has 0 radical (unpaired) electrons. The summed E-state index contributed by atoms with van der Waals surface area (Å²) in [7, 11) is 0. The summed E-state index contributed by atoms with van der Waals surface area (Å²) in [6.07, 6.45) is 68.1. The van der Waals surface area contributed by atoms with E-state index in [4.69, 9.17) is 9.47 Å². The number of carbonyl (C=O) groups excluding carboxylic acids is 2. The van der Waals surface area contributed by atoms with Gasteiger partial charge in [0.15, 0.2) is 6.10 Å². The summed E-state index contributed by atoms with van der Waals surface area (Å²) < 4.78 is 10.7. The van der Waals surface area contributed by atoms with Crippen molar-refractivity contribution in [2.24, 2.45) is 0 Å². The third kappa shape index (κ3) is 50.4. The molecular weight excluding hydrogens is 753 g/mol. The maximum atomic E-state index is 12.3. The molecule has 0 rings (SSSR count). The lowest BCUT2D eigenvalue weighted by Crippen LogP contribution is -2.28. The molecule has 61 heavy (non-hydrogen) atoms. The van der Waals surface area contributed by atoms with Gasteiger partial charge in [-0.05, 0) is 51.4 Å². The van der Waals surface area contributed by atoms with Gasteiger partial charge in [-0.3, -0.25) is 9.59 Å². The van der Waals surface area contributed by atoms with E-state index in [2.05, 4.69) is 62.5 Å². The van der Waals surface area contributed by atoms with Gasteiger partial charge in [-0.1, -0.05) is 262 Å². The molecular formula is C56H102O5. The second-order valence-electron chi connectivity index (χ2n) is 17.9. The number of rotatable bonds is 49. The van der Waals surface area contributed by atoms with Crippen molar-refractivity contribution in [1.29, 1.82) is 0 Å². The third-order valence-corrected chi connectivity index (χ3v) is 11.9. The molecule has 0 saturated carbocycles. The minimum atomic E-state index is -0.766. The molecule has 0 amide bonds. The highest BCUT2D eigenvalue weighted by Gasteiger charge is 2.16. The highest BCUT2D eigenvalue weighted by Crippen LogP contribution is 2.17. The van der Waals surface area contributed by atoms with Crippen LogP contribution in [0.25, 0.3) is 0 Å². The average molecular weight is 855 g/mol. The molecule has 0 fully saturated rings. The zero-order valence-corrected chi connectivity index (χ0v) is 40.7. The van der Waals surface area contributed by atoms with Crippen LogP contribution in [-0.4, -0.2) is 36.4 Å². The number of carbonyl (C=O) groups is 2. The van der Waals surface area contributed by atoms with Crippen molar-refractivity contribution in [3.63, 3.8) is 0 Å². The molecule has 0 aromatic heterocycles. The fraction of sp³-hybridized carbons (Fsp3) is 0.821. The van der Waals surface area contributed by atoms with E-state index in [0.717, 1.165) is 64.2 Å². The van der Waals surface area contributed by atoms with Crippen molar-refractivity contribution < 1.29 is 24.2 Å². The first-order valence-corrected chi connectivity index (χ1v) is 26.7. The Kier molecular flexibility index (Phi) is 50.4. The standard InChI is InChI=1S/C56H102O5/c1-3-5-7-9-11-13-15-17-18-19-20-21-22-23-24-25-26-27-28-29-30-31-32-33-34-35-36-37-38-39-41-43-45-47-49-51-56(59)61-54(52-57)53-60-55(58)50-48-46-44-42-40-16-14-12-10-8-6-4-2/h5,7,11,13,17-18,20-21,54,57H,3-4,6,8-10,12,14-16,19,22-53H2,1-2H3/b7-5-,13-11-,18-17-,21-20-. The molecule has 1 unspecified atom stereocenters. The van der Waals surface area contributed by atoms with Crippen LogP contribution in [0, 0.1) is 0 Å². The van der Waals surface area contributed by atoms with Gasteiger partial charge in [0.25, 0.3) is 0 Å². The summed E-state index contributed by atoms with van der Waals surface area (Å²) >= 11 is 0. The fourth-order valence-electron chi connectivity index (χ4n) is 7.90. The highest BCUT2D eigenvalue weighted by atomic mass is 16.6. The average Bonchev–Trinajstić information content (AvgIpc) is 3.26. The van der Waals surface area contributed by atoms with Crippen LogP contribution in [0.15, 0.2) is 48.6 Å². The van der Waals surface area contributed by atoms with Gasteiger partial charge in [0.05, 0.1) is 6.61 Å². The van der Waals surface area contributed by atoms with Gasteiger partial charge in [-0.2, -0.15) is 0 Å². The number of allylic oxidation sites excluding steroid dienone is 8. The molecule has 0 aliphatic carbocycles. The van der Waals surface area contributed by atoms with Crippen LogP contribution >= 0.6 is 0 Å². The summed E-state index contributed by atoms with van der Waals surface area (Å²) in [5, 5.41) is 9.60. The van der Waals surface area contributed by atoms with Gasteiger partial charge in [-0.15, -0.1) is 0 Å². The molecule has 1 N–H and O–H groups in total. The largest absolute Gasteiger partial charge is 0.462 e. The molecule has 0 saturated heterocycles. The topological polar surface area (TPSA) is 72.8 Å². The Labute approximate surface area is 379 Å². The van der Waals surface area contributed by atoms with Crippen LogP contribution in [0.2, 0.25) is 0 Å². The quantitative estimate of drug-likeness (QED) is 0.0375. The Bertz CT molecular complexity index is 1010. The Morgan fingerprint density at radius 1 is 0.393 bits per heavy atom. The smallest absolute Gasteiger partial charge is 0.306 e. The maximum absolute atomic E-state index is 12.3.